The Labute approximate surface area is 270 Å². The molecule has 1 saturated carbocycles. The van der Waals surface area contributed by atoms with E-state index in [2.05, 4.69) is 62.4 Å². The van der Waals surface area contributed by atoms with Crippen molar-refractivity contribution in [1.82, 2.24) is 4.98 Å². The molecule has 0 unspecified atom stereocenters. The van der Waals surface area contributed by atoms with Gasteiger partial charge in [-0.05, 0) is 92.8 Å². The quantitative estimate of drug-likeness (QED) is 0.148. The van der Waals surface area contributed by atoms with Gasteiger partial charge in [0.1, 0.15) is 6.61 Å². The van der Waals surface area contributed by atoms with Gasteiger partial charge in [-0.15, -0.1) is 0 Å². The number of rotatable bonds is 12. The summed E-state index contributed by atoms with van der Waals surface area (Å²) >= 11 is 8.24. The van der Waals surface area contributed by atoms with Gasteiger partial charge in [0.2, 0.25) is 0 Å². The molecule has 226 valence electrons. The third-order valence-electron chi connectivity index (χ3n) is 8.57. The highest BCUT2D eigenvalue weighted by Gasteiger charge is 2.45. The number of pyridine rings is 1. The van der Waals surface area contributed by atoms with Gasteiger partial charge in [0, 0.05) is 33.4 Å². The summed E-state index contributed by atoms with van der Waals surface area (Å²) in [7, 11) is 0. The van der Waals surface area contributed by atoms with Crippen LogP contribution in [0.4, 0.5) is 0 Å². The molecule has 2 heterocycles. The highest BCUT2D eigenvalue weighted by Crippen LogP contribution is 2.54. The summed E-state index contributed by atoms with van der Waals surface area (Å²) in [5.74, 6) is 2.12. The summed E-state index contributed by atoms with van der Waals surface area (Å²) in [5.41, 5.74) is 6.34. The molecule has 4 aromatic rings. The first-order chi connectivity index (χ1) is 21.2. The van der Waals surface area contributed by atoms with Crippen molar-refractivity contribution in [3.05, 3.63) is 112 Å². The molecule has 0 N–H and O–H groups in total. The molecule has 1 aliphatic carbocycles. The first-order valence-corrected chi connectivity index (χ1v) is 16.9. The van der Waals surface area contributed by atoms with Gasteiger partial charge in [-0.2, -0.15) is 11.8 Å². The van der Waals surface area contributed by atoms with Crippen molar-refractivity contribution >= 4 is 58.1 Å². The Morgan fingerprint density at radius 1 is 1.02 bits per heavy atom. The largest absolute Gasteiger partial charge is 0.478 e. The van der Waals surface area contributed by atoms with Gasteiger partial charge >= 0.3 is 0 Å². The van der Waals surface area contributed by atoms with Gasteiger partial charge < -0.3 is 4.74 Å². The van der Waals surface area contributed by atoms with Crippen LogP contribution < -0.4 is 0 Å². The minimum Gasteiger partial charge on any atom is -0.478 e. The second-order valence-electron chi connectivity index (χ2n) is 12.9. The van der Waals surface area contributed by atoms with Crippen molar-refractivity contribution in [3.8, 4) is 0 Å². The van der Waals surface area contributed by atoms with E-state index in [1.165, 1.54) is 18.4 Å². The molecule has 6 rings (SSSR count). The van der Waals surface area contributed by atoms with Crippen molar-refractivity contribution in [1.29, 1.82) is 0 Å². The lowest BCUT2D eigenvalue weighted by Gasteiger charge is -2.22. The fourth-order valence-electron chi connectivity index (χ4n) is 5.86. The SMILES string of the molecule is CC(=O)c1ccccc1CC[C@@H](SCC1(CC2=NC(C)(C)CO2)CC1)c1cccc(/C=C/c2ccc3ccc(Cl)cc3n2)c1. The summed E-state index contributed by atoms with van der Waals surface area (Å²) < 4.78 is 5.97. The molecule has 1 atom stereocenters. The van der Waals surface area contributed by atoms with Crippen LogP contribution >= 0.6 is 23.4 Å². The maximum absolute atomic E-state index is 12.3. The lowest BCUT2D eigenvalue weighted by Crippen LogP contribution is -2.17. The van der Waals surface area contributed by atoms with E-state index < -0.39 is 0 Å². The van der Waals surface area contributed by atoms with Crippen molar-refractivity contribution in [2.24, 2.45) is 10.4 Å². The fourth-order valence-corrected chi connectivity index (χ4v) is 7.59. The van der Waals surface area contributed by atoms with Crippen LogP contribution in [0, 0.1) is 5.41 Å². The average molecular weight is 623 g/mol. The molecule has 4 nitrogen and oxygen atoms in total. The van der Waals surface area contributed by atoms with Gasteiger partial charge in [0.05, 0.1) is 16.7 Å². The van der Waals surface area contributed by atoms with E-state index in [9.17, 15) is 4.79 Å². The average Bonchev–Trinajstić information content (AvgIpc) is 3.69. The summed E-state index contributed by atoms with van der Waals surface area (Å²) in [6.07, 6.45) is 9.37. The molecule has 6 heteroatoms. The van der Waals surface area contributed by atoms with Crippen LogP contribution in [0.2, 0.25) is 5.02 Å². The number of carbonyl (C=O) groups excluding carboxylic acids is 1. The van der Waals surface area contributed by atoms with E-state index in [1.807, 2.05) is 54.2 Å². The van der Waals surface area contributed by atoms with Crippen LogP contribution in [-0.2, 0) is 11.2 Å². The van der Waals surface area contributed by atoms with Crippen LogP contribution in [0.25, 0.3) is 23.1 Å². The molecule has 0 spiro atoms. The molecule has 1 aromatic heterocycles. The Kier molecular flexibility index (Phi) is 8.98. The molecule has 0 bridgehead atoms. The second kappa shape index (κ2) is 12.9. The zero-order valence-corrected chi connectivity index (χ0v) is 27.3. The number of aryl methyl sites for hydroxylation is 1. The lowest BCUT2D eigenvalue weighted by atomic mass is 9.97. The molecule has 3 aromatic carbocycles. The van der Waals surface area contributed by atoms with Crippen LogP contribution in [0.1, 0.15) is 84.4 Å². The van der Waals surface area contributed by atoms with Gasteiger partial charge in [-0.1, -0.05) is 78.3 Å². The number of aromatic nitrogens is 1. The summed E-state index contributed by atoms with van der Waals surface area (Å²) in [6.45, 7) is 6.60. The molecule has 44 heavy (non-hydrogen) atoms. The number of fused-ring (bicyclic) bond motifs is 1. The number of Topliss-reactive ketones (excluding diaryl/α,β-unsaturated/α-hetero) is 1. The molecule has 0 amide bonds. The Bertz CT molecular complexity index is 1740. The number of ether oxygens (including phenoxy) is 1. The fraction of sp³-hybridized carbons (Fsp3) is 0.342. The molecule has 1 aliphatic heterocycles. The Morgan fingerprint density at radius 3 is 2.61 bits per heavy atom. The molecule has 0 radical (unpaired) electrons. The smallest absolute Gasteiger partial charge is 0.184 e. The van der Waals surface area contributed by atoms with E-state index in [0.717, 1.165) is 64.2 Å². The molecule has 1 fully saturated rings. The number of hydrogen-bond donors (Lipinski definition) is 0. The van der Waals surface area contributed by atoms with Crippen LogP contribution in [0.3, 0.4) is 0 Å². The summed E-state index contributed by atoms with van der Waals surface area (Å²) in [6, 6.07) is 26.8. The minimum absolute atomic E-state index is 0.116. The first-order valence-electron chi connectivity index (χ1n) is 15.4. The standard InChI is InChI=1S/C38H39ClN2O2S/c1-26(42)33-10-5-4-8-28(33)14-18-35(44-25-38(19-20-38)23-36-41-37(2,3)24-43-36)30-9-6-7-27(21-30)11-16-32-17-13-29-12-15-31(39)22-34(29)40-32/h4-13,15-17,21-22,35H,14,18-20,23-25H2,1-3H3/b16-11+/t35-/m1/s1. The van der Waals surface area contributed by atoms with E-state index >= 15 is 0 Å². The Balaban J connectivity index is 1.21. The predicted octanol–water partition coefficient (Wildman–Crippen LogP) is 10.0. The zero-order chi connectivity index (χ0) is 30.7. The number of carbonyl (C=O) groups is 1. The summed E-state index contributed by atoms with van der Waals surface area (Å²) in [5, 5.41) is 2.06. The number of ketones is 1. The molecular formula is C38H39ClN2O2S. The van der Waals surface area contributed by atoms with E-state index in [0.29, 0.717) is 16.9 Å². The van der Waals surface area contributed by atoms with Crippen LogP contribution in [0.15, 0.2) is 83.9 Å². The first kappa shape index (κ1) is 30.6. The van der Waals surface area contributed by atoms with Gasteiger partial charge in [0.15, 0.2) is 11.7 Å². The van der Waals surface area contributed by atoms with Gasteiger partial charge in [-0.25, -0.2) is 9.98 Å². The number of benzene rings is 3. The van der Waals surface area contributed by atoms with Crippen LogP contribution in [-0.4, -0.2) is 34.6 Å². The monoisotopic (exact) mass is 622 g/mol. The van der Waals surface area contributed by atoms with Gasteiger partial charge in [0.25, 0.3) is 0 Å². The van der Waals surface area contributed by atoms with E-state index in [4.69, 9.17) is 26.3 Å². The van der Waals surface area contributed by atoms with E-state index in [1.54, 1.807) is 6.92 Å². The highest BCUT2D eigenvalue weighted by atomic mass is 35.5. The van der Waals surface area contributed by atoms with Crippen molar-refractivity contribution in [2.45, 2.75) is 63.7 Å². The second-order valence-corrected chi connectivity index (χ2v) is 14.5. The summed E-state index contributed by atoms with van der Waals surface area (Å²) in [4.78, 5) is 22.0. The topological polar surface area (TPSA) is 51.5 Å². The maximum atomic E-state index is 12.3. The Hall–Kier alpha value is -3.41. The van der Waals surface area contributed by atoms with Crippen molar-refractivity contribution < 1.29 is 9.53 Å². The number of halogens is 1. The minimum atomic E-state index is -0.116. The predicted molar refractivity (Wildman–Crippen MR) is 186 cm³/mol. The number of hydrogen-bond acceptors (Lipinski definition) is 5. The van der Waals surface area contributed by atoms with Crippen molar-refractivity contribution in [3.63, 3.8) is 0 Å². The molecular weight excluding hydrogens is 584 g/mol. The van der Waals surface area contributed by atoms with E-state index in [-0.39, 0.29) is 16.7 Å². The third kappa shape index (κ3) is 7.62. The third-order valence-corrected chi connectivity index (χ3v) is 10.5. The highest BCUT2D eigenvalue weighted by molar-refractivity contribution is 7.99. The zero-order valence-electron chi connectivity index (χ0n) is 25.7. The van der Waals surface area contributed by atoms with Crippen LogP contribution in [0.5, 0.6) is 0 Å². The Morgan fingerprint density at radius 2 is 1.84 bits per heavy atom. The number of thioether (sulfide) groups is 1. The number of aliphatic imine (C=N–C) groups is 1. The maximum Gasteiger partial charge on any atom is 0.184 e. The molecule has 0 saturated heterocycles. The van der Waals surface area contributed by atoms with Gasteiger partial charge in [-0.3, -0.25) is 4.79 Å². The van der Waals surface area contributed by atoms with Crippen molar-refractivity contribution in [2.75, 3.05) is 12.4 Å². The number of nitrogens with zero attached hydrogens (tertiary/aromatic N) is 2. The molecule has 2 aliphatic rings. The normalized spacial score (nSPS) is 17.4. The lowest BCUT2D eigenvalue weighted by molar-refractivity contribution is 0.101.